The topological polar surface area (TPSA) is 40.5 Å². The molecular weight excluding hydrogens is 344 g/mol. The van der Waals surface area contributed by atoms with Gasteiger partial charge in [-0.1, -0.05) is 89.8 Å². The third-order valence-corrected chi connectivity index (χ3v) is 6.03. The average molecular weight is 383 g/mol. The smallest absolute Gasteiger partial charge is 0.123 e. The van der Waals surface area contributed by atoms with E-state index < -0.39 is 5.41 Å². The monoisotopic (exact) mass is 382 g/mol. The van der Waals surface area contributed by atoms with Gasteiger partial charge in [-0.05, 0) is 43.2 Å². The zero-order valence-electron chi connectivity index (χ0n) is 19.0. The molecule has 0 aliphatic carbocycles. The number of phenolic OH excluding ortho intramolecular Hbond substituents is 2. The predicted octanol–water partition coefficient (Wildman–Crippen LogP) is 7.46. The highest BCUT2D eigenvalue weighted by Crippen LogP contribution is 2.48. The van der Waals surface area contributed by atoms with E-state index in [1.54, 1.807) is 0 Å². The van der Waals surface area contributed by atoms with Crippen molar-refractivity contribution in [3.63, 3.8) is 0 Å². The number of unbranched alkanes of at least 4 members (excludes halogenated alkanes) is 1. The van der Waals surface area contributed by atoms with Gasteiger partial charge in [-0.3, -0.25) is 0 Å². The second-order valence-electron chi connectivity index (χ2n) is 9.25. The normalized spacial score (nSPS) is 12.2. The van der Waals surface area contributed by atoms with E-state index in [-0.39, 0.29) is 11.8 Å². The number of phenols is 2. The van der Waals surface area contributed by atoms with E-state index in [9.17, 15) is 10.2 Å². The fourth-order valence-corrected chi connectivity index (χ4v) is 4.28. The number of benzene rings is 2. The van der Waals surface area contributed by atoms with Crippen LogP contribution in [0.25, 0.3) is 0 Å². The molecule has 0 saturated heterocycles. The molecule has 2 rings (SSSR count). The van der Waals surface area contributed by atoms with Crippen molar-refractivity contribution in [3.8, 4) is 11.5 Å². The Morgan fingerprint density at radius 1 is 0.786 bits per heavy atom. The molecule has 0 aromatic heterocycles. The summed E-state index contributed by atoms with van der Waals surface area (Å²) in [5.41, 5.74) is 5.67. The maximum Gasteiger partial charge on any atom is 0.123 e. The van der Waals surface area contributed by atoms with Crippen molar-refractivity contribution in [2.75, 3.05) is 0 Å². The second kappa shape index (κ2) is 8.59. The van der Waals surface area contributed by atoms with Crippen LogP contribution in [0.3, 0.4) is 0 Å². The Hall–Kier alpha value is -1.96. The maximum absolute atomic E-state index is 11.2. The van der Waals surface area contributed by atoms with Crippen LogP contribution in [0.1, 0.15) is 106 Å². The van der Waals surface area contributed by atoms with Crippen molar-refractivity contribution in [2.24, 2.45) is 0 Å². The summed E-state index contributed by atoms with van der Waals surface area (Å²) >= 11 is 0. The molecule has 0 aliphatic heterocycles. The van der Waals surface area contributed by atoms with Gasteiger partial charge in [0.1, 0.15) is 11.5 Å². The lowest BCUT2D eigenvalue weighted by Gasteiger charge is -2.34. The third-order valence-electron chi connectivity index (χ3n) is 6.03. The van der Waals surface area contributed by atoms with Crippen molar-refractivity contribution in [1.29, 1.82) is 0 Å². The maximum atomic E-state index is 11.2. The van der Waals surface area contributed by atoms with Crippen LogP contribution >= 0.6 is 0 Å². The van der Waals surface area contributed by atoms with Crippen LogP contribution in [0.2, 0.25) is 0 Å². The molecular formula is C26H38O2. The second-order valence-corrected chi connectivity index (χ2v) is 9.25. The Labute approximate surface area is 171 Å². The summed E-state index contributed by atoms with van der Waals surface area (Å²) in [6.45, 7) is 17.0. The zero-order valence-corrected chi connectivity index (χ0v) is 19.0. The molecule has 2 N–H and O–H groups in total. The van der Waals surface area contributed by atoms with Gasteiger partial charge in [-0.25, -0.2) is 0 Å². The van der Waals surface area contributed by atoms with Crippen LogP contribution in [0.15, 0.2) is 24.3 Å². The van der Waals surface area contributed by atoms with Gasteiger partial charge >= 0.3 is 0 Å². The number of aromatic hydroxyl groups is 2. The zero-order chi connectivity index (χ0) is 21.2. The van der Waals surface area contributed by atoms with Crippen LogP contribution in [-0.2, 0) is 5.41 Å². The quantitative estimate of drug-likeness (QED) is 0.522. The lowest BCUT2D eigenvalue weighted by atomic mass is 9.69. The first-order valence-electron chi connectivity index (χ1n) is 10.7. The highest BCUT2D eigenvalue weighted by atomic mass is 16.3. The lowest BCUT2D eigenvalue weighted by Crippen LogP contribution is -2.25. The minimum atomic E-state index is -0.449. The summed E-state index contributed by atoms with van der Waals surface area (Å²) in [6, 6.07) is 8.38. The minimum absolute atomic E-state index is 0.242. The summed E-state index contributed by atoms with van der Waals surface area (Å²) in [5.74, 6) is 1.25. The molecule has 154 valence electrons. The number of hydrogen-bond acceptors (Lipinski definition) is 2. The van der Waals surface area contributed by atoms with E-state index in [0.29, 0.717) is 11.5 Å². The van der Waals surface area contributed by atoms with E-state index in [2.05, 4.69) is 79.7 Å². The molecule has 2 heteroatoms. The Balaban J connectivity index is 2.84. The van der Waals surface area contributed by atoms with Gasteiger partial charge in [0.15, 0.2) is 0 Å². The van der Waals surface area contributed by atoms with Crippen LogP contribution in [0.5, 0.6) is 11.5 Å². The standard InChI is InChI=1S/C26H38O2/c1-9-10-11-26(8,22-14-18(6)12-20(16(2)3)24(22)27)23-15-19(7)13-21(17(4)5)25(23)28/h12-17,27-28H,9-11H2,1-8H3. The highest BCUT2D eigenvalue weighted by molar-refractivity contribution is 5.58. The molecule has 0 amide bonds. The van der Waals surface area contributed by atoms with Gasteiger partial charge in [0.05, 0.1) is 0 Å². The molecule has 0 aliphatic rings. The van der Waals surface area contributed by atoms with Crippen LogP contribution < -0.4 is 0 Å². The van der Waals surface area contributed by atoms with Crippen molar-refractivity contribution < 1.29 is 10.2 Å². The average Bonchev–Trinajstić information content (AvgIpc) is 2.62. The molecule has 0 spiro atoms. The Kier molecular flexibility index (Phi) is 6.85. The number of aryl methyl sites for hydroxylation is 2. The predicted molar refractivity (Wildman–Crippen MR) is 120 cm³/mol. The van der Waals surface area contributed by atoms with Gasteiger partial charge in [0.25, 0.3) is 0 Å². The summed E-state index contributed by atoms with van der Waals surface area (Å²) in [7, 11) is 0. The summed E-state index contributed by atoms with van der Waals surface area (Å²) in [6.07, 6.45) is 2.99. The molecule has 0 heterocycles. The van der Waals surface area contributed by atoms with Crippen molar-refractivity contribution >= 4 is 0 Å². The van der Waals surface area contributed by atoms with Gasteiger partial charge in [0, 0.05) is 16.5 Å². The fraction of sp³-hybridized carbons (Fsp3) is 0.538. The molecule has 2 nitrogen and oxygen atoms in total. The lowest BCUT2D eigenvalue weighted by molar-refractivity contribution is 0.399. The minimum Gasteiger partial charge on any atom is -0.507 e. The van der Waals surface area contributed by atoms with E-state index in [1.165, 1.54) is 0 Å². The van der Waals surface area contributed by atoms with Gasteiger partial charge < -0.3 is 10.2 Å². The first kappa shape index (κ1) is 22.3. The SMILES string of the molecule is CCCCC(C)(c1cc(C)cc(C(C)C)c1O)c1cc(C)cc(C(C)C)c1O. The number of hydrogen-bond donors (Lipinski definition) is 2. The van der Waals surface area contributed by atoms with Crippen molar-refractivity contribution in [2.45, 2.75) is 91.9 Å². The molecule has 0 atom stereocenters. The van der Waals surface area contributed by atoms with E-state index in [4.69, 9.17) is 0 Å². The van der Waals surface area contributed by atoms with Crippen molar-refractivity contribution in [1.82, 2.24) is 0 Å². The van der Waals surface area contributed by atoms with Crippen molar-refractivity contribution in [3.05, 3.63) is 57.6 Å². The highest BCUT2D eigenvalue weighted by Gasteiger charge is 2.35. The molecule has 0 fully saturated rings. The molecule has 0 bridgehead atoms. The van der Waals surface area contributed by atoms with Crippen LogP contribution in [-0.4, -0.2) is 10.2 Å². The first-order valence-corrected chi connectivity index (χ1v) is 10.7. The van der Waals surface area contributed by atoms with E-state index in [1.807, 2.05) is 0 Å². The Bertz CT molecular complexity index is 767. The molecule has 2 aromatic carbocycles. The molecule has 0 radical (unpaired) electrons. The number of rotatable bonds is 7. The Morgan fingerprint density at radius 2 is 1.18 bits per heavy atom. The van der Waals surface area contributed by atoms with Gasteiger partial charge in [0.2, 0.25) is 0 Å². The van der Waals surface area contributed by atoms with E-state index >= 15 is 0 Å². The molecule has 2 aromatic rings. The first-order chi connectivity index (χ1) is 13.0. The third kappa shape index (κ3) is 4.21. The summed E-state index contributed by atoms with van der Waals surface area (Å²) < 4.78 is 0. The summed E-state index contributed by atoms with van der Waals surface area (Å²) in [5, 5.41) is 22.5. The largest absolute Gasteiger partial charge is 0.507 e. The fourth-order valence-electron chi connectivity index (χ4n) is 4.28. The van der Waals surface area contributed by atoms with Gasteiger partial charge in [-0.15, -0.1) is 0 Å². The molecule has 0 unspecified atom stereocenters. The molecule has 28 heavy (non-hydrogen) atoms. The summed E-state index contributed by atoms with van der Waals surface area (Å²) in [4.78, 5) is 0. The van der Waals surface area contributed by atoms with Crippen LogP contribution in [0.4, 0.5) is 0 Å². The van der Waals surface area contributed by atoms with Crippen LogP contribution in [0, 0.1) is 13.8 Å². The van der Waals surface area contributed by atoms with Gasteiger partial charge in [-0.2, -0.15) is 0 Å². The molecule has 0 saturated carbocycles. The van der Waals surface area contributed by atoms with E-state index in [0.717, 1.165) is 52.6 Å². The Morgan fingerprint density at radius 3 is 1.50 bits per heavy atom.